The molecule has 1 aliphatic heterocycles. The molecule has 0 aliphatic carbocycles. The summed E-state index contributed by atoms with van der Waals surface area (Å²) in [5.74, 6) is -0.771. The Kier molecular flexibility index (Phi) is 6.21. The molecule has 1 N–H and O–H groups in total. The number of fused-ring (bicyclic) bond motifs is 1. The predicted molar refractivity (Wildman–Crippen MR) is 105 cm³/mol. The van der Waals surface area contributed by atoms with Gasteiger partial charge in [0.15, 0.2) is 0 Å². The number of hydrogen-bond donors (Lipinski definition) is 1. The largest absolute Gasteiger partial charge is 0.385 e. The van der Waals surface area contributed by atoms with Gasteiger partial charge in [0.25, 0.3) is 17.7 Å². The van der Waals surface area contributed by atoms with Crippen LogP contribution in [0.25, 0.3) is 0 Å². The van der Waals surface area contributed by atoms with Crippen LogP contribution >= 0.6 is 0 Å². The molecule has 3 amide bonds. The molecule has 1 heterocycles. The second kappa shape index (κ2) is 8.80. The molecule has 0 unspecified atom stereocenters. The highest BCUT2D eigenvalue weighted by Gasteiger charge is 2.35. The van der Waals surface area contributed by atoms with Gasteiger partial charge in [0.2, 0.25) is 0 Å². The van der Waals surface area contributed by atoms with E-state index >= 15 is 0 Å². The Hall–Kier alpha value is -2.99. The van der Waals surface area contributed by atoms with Crippen molar-refractivity contribution >= 4 is 17.7 Å². The van der Waals surface area contributed by atoms with Gasteiger partial charge in [-0.25, -0.2) is 0 Å². The Morgan fingerprint density at radius 3 is 2.50 bits per heavy atom. The number of imide groups is 1. The van der Waals surface area contributed by atoms with E-state index in [2.05, 4.69) is 5.32 Å². The lowest BCUT2D eigenvalue weighted by atomic mass is 10.0. The molecule has 0 spiro atoms. The van der Waals surface area contributed by atoms with Crippen LogP contribution < -0.4 is 5.32 Å². The van der Waals surface area contributed by atoms with Crippen LogP contribution in [0.3, 0.4) is 0 Å². The maximum Gasteiger partial charge on any atom is 0.261 e. The Balaban J connectivity index is 1.66. The lowest BCUT2D eigenvalue weighted by molar-refractivity contribution is 0.0638. The number of rotatable bonds is 8. The highest BCUT2D eigenvalue weighted by Crippen LogP contribution is 2.24. The van der Waals surface area contributed by atoms with Crippen LogP contribution in [0.1, 0.15) is 55.9 Å². The predicted octanol–water partition coefficient (Wildman–Crippen LogP) is 2.85. The van der Waals surface area contributed by atoms with Crippen molar-refractivity contribution in [3.05, 3.63) is 70.8 Å². The molecule has 2 aromatic carbocycles. The van der Waals surface area contributed by atoms with Gasteiger partial charge in [-0.3, -0.25) is 19.3 Å². The summed E-state index contributed by atoms with van der Waals surface area (Å²) in [4.78, 5) is 38.7. The lowest BCUT2D eigenvalue weighted by Gasteiger charge is -2.13. The van der Waals surface area contributed by atoms with Gasteiger partial charge in [0, 0.05) is 32.4 Å². The smallest absolute Gasteiger partial charge is 0.261 e. The molecular weight excluding hydrogens is 356 g/mol. The molecule has 28 heavy (non-hydrogen) atoms. The van der Waals surface area contributed by atoms with E-state index in [1.54, 1.807) is 19.2 Å². The van der Waals surface area contributed by atoms with E-state index in [1.807, 2.05) is 37.3 Å². The van der Waals surface area contributed by atoms with E-state index in [-0.39, 0.29) is 29.2 Å². The van der Waals surface area contributed by atoms with Crippen LogP contribution in [0.5, 0.6) is 0 Å². The third-order valence-corrected chi connectivity index (χ3v) is 4.90. The molecule has 1 atom stereocenters. The van der Waals surface area contributed by atoms with Crippen molar-refractivity contribution in [1.29, 1.82) is 0 Å². The monoisotopic (exact) mass is 380 g/mol. The third kappa shape index (κ3) is 4.12. The summed E-state index contributed by atoms with van der Waals surface area (Å²) >= 11 is 0. The van der Waals surface area contributed by atoms with E-state index in [1.165, 1.54) is 11.0 Å². The average molecular weight is 380 g/mol. The Labute approximate surface area is 164 Å². The molecule has 0 saturated carbocycles. The fourth-order valence-electron chi connectivity index (χ4n) is 3.25. The number of benzene rings is 2. The van der Waals surface area contributed by atoms with Crippen LogP contribution in [-0.4, -0.2) is 49.4 Å². The van der Waals surface area contributed by atoms with E-state index in [9.17, 15) is 14.4 Å². The molecule has 0 aromatic heterocycles. The van der Waals surface area contributed by atoms with Crippen LogP contribution in [0.15, 0.2) is 48.5 Å². The van der Waals surface area contributed by atoms with Gasteiger partial charge >= 0.3 is 0 Å². The fraction of sp³-hybridized carbons (Fsp3) is 0.318. The normalized spacial score (nSPS) is 14.1. The molecule has 1 aliphatic rings. The van der Waals surface area contributed by atoms with Crippen molar-refractivity contribution in [2.75, 3.05) is 26.8 Å². The van der Waals surface area contributed by atoms with E-state index in [4.69, 9.17) is 4.74 Å². The Morgan fingerprint density at radius 1 is 1.07 bits per heavy atom. The first-order valence-corrected chi connectivity index (χ1v) is 9.35. The SMILES string of the molecule is COCCCN1C(=O)c2ccc(C(=O)NC[C@@H](C)c3ccccc3)cc2C1=O. The minimum absolute atomic E-state index is 0.166. The number of methoxy groups -OCH3 is 1. The summed E-state index contributed by atoms with van der Waals surface area (Å²) in [5, 5.41) is 2.90. The highest BCUT2D eigenvalue weighted by molar-refractivity contribution is 6.22. The number of amides is 3. The second-order valence-electron chi connectivity index (χ2n) is 6.89. The second-order valence-corrected chi connectivity index (χ2v) is 6.89. The topological polar surface area (TPSA) is 75.7 Å². The Bertz CT molecular complexity index is 879. The van der Waals surface area contributed by atoms with Crippen molar-refractivity contribution in [1.82, 2.24) is 10.2 Å². The third-order valence-electron chi connectivity index (χ3n) is 4.90. The summed E-state index contributed by atoms with van der Waals surface area (Å²) in [5.41, 5.74) is 2.14. The molecule has 3 rings (SSSR count). The number of carbonyl (C=O) groups is 3. The van der Waals surface area contributed by atoms with Gasteiger partial charge < -0.3 is 10.1 Å². The molecular formula is C22H24N2O4. The highest BCUT2D eigenvalue weighted by atomic mass is 16.5. The van der Waals surface area contributed by atoms with Crippen LogP contribution in [0, 0.1) is 0 Å². The van der Waals surface area contributed by atoms with E-state index in [0.717, 1.165) is 5.56 Å². The minimum atomic E-state index is -0.358. The van der Waals surface area contributed by atoms with Gasteiger partial charge in [-0.15, -0.1) is 0 Å². The standard InChI is InChI=1S/C22H24N2O4/c1-15(16-7-4-3-5-8-16)14-23-20(25)17-9-10-18-19(13-17)22(27)24(21(18)26)11-6-12-28-2/h3-5,7-10,13,15H,6,11-12,14H2,1-2H3,(H,23,25)/t15-/m1/s1. The molecule has 2 aromatic rings. The van der Waals surface area contributed by atoms with Crippen LogP contribution in [-0.2, 0) is 4.74 Å². The zero-order valence-corrected chi connectivity index (χ0v) is 16.1. The summed E-state index contributed by atoms with van der Waals surface area (Å²) < 4.78 is 4.98. The van der Waals surface area contributed by atoms with E-state index < -0.39 is 0 Å². The first-order chi connectivity index (χ1) is 13.5. The van der Waals surface area contributed by atoms with Gasteiger partial charge in [0.1, 0.15) is 0 Å². The van der Waals surface area contributed by atoms with Gasteiger partial charge in [0.05, 0.1) is 11.1 Å². The van der Waals surface area contributed by atoms with Crippen molar-refractivity contribution in [2.24, 2.45) is 0 Å². The summed E-state index contributed by atoms with van der Waals surface area (Å²) in [6.45, 7) is 3.30. The summed E-state index contributed by atoms with van der Waals surface area (Å²) in [7, 11) is 1.58. The molecule has 0 bridgehead atoms. The van der Waals surface area contributed by atoms with Gasteiger partial charge in [-0.2, -0.15) is 0 Å². The molecule has 0 saturated heterocycles. The first-order valence-electron chi connectivity index (χ1n) is 9.35. The van der Waals surface area contributed by atoms with Crippen LogP contribution in [0.4, 0.5) is 0 Å². The van der Waals surface area contributed by atoms with Crippen molar-refractivity contribution in [2.45, 2.75) is 19.3 Å². The van der Waals surface area contributed by atoms with Gasteiger partial charge in [-0.05, 0) is 36.1 Å². The first kappa shape index (κ1) is 19.8. The molecule has 6 nitrogen and oxygen atoms in total. The summed E-state index contributed by atoms with van der Waals surface area (Å²) in [6, 6.07) is 14.6. The number of nitrogens with one attached hydrogen (secondary N) is 1. The molecule has 146 valence electrons. The minimum Gasteiger partial charge on any atom is -0.385 e. The zero-order chi connectivity index (χ0) is 20.1. The lowest BCUT2D eigenvalue weighted by Crippen LogP contribution is -2.31. The van der Waals surface area contributed by atoms with Crippen molar-refractivity contribution < 1.29 is 19.1 Å². The maximum absolute atomic E-state index is 12.6. The van der Waals surface area contributed by atoms with Crippen LogP contribution in [0.2, 0.25) is 0 Å². The quantitative estimate of drug-likeness (QED) is 0.564. The van der Waals surface area contributed by atoms with E-state index in [0.29, 0.717) is 37.2 Å². The number of hydrogen-bond acceptors (Lipinski definition) is 4. The molecule has 0 fully saturated rings. The zero-order valence-electron chi connectivity index (χ0n) is 16.1. The Morgan fingerprint density at radius 2 is 1.79 bits per heavy atom. The van der Waals surface area contributed by atoms with Crippen molar-refractivity contribution in [3.63, 3.8) is 0 Å². The van der Waals surface area contributed by atoms with Crippen molar-refractivity contribution in [3.8, 4) is 0 Å². The fourth-order valence-corrected chi connectivity index (χ4v) is 3.25. The summed E-state index contributed by atoms with van der Waals surface area (Å²) in [6.07, 6.45) is 0.576. The number of carbonyl (C=O) groups excluding carboxylic acids is 3. The average Bonchev–Trinajstić information content (AvgIpc) is 2.96. The molecule has 0 radical (unpaired) electrons. The number of nitrogens with zero attached hydrogens (tertiary/aromatic N) is 1. The molecule has 6 heteroatoms. The maximum atomic E-state index is 12.6. The van der Waals surface area contributed by atoms with Gasteiger partial charge in [-0.1, -0.05) is 37.3 Å². The number of ether oxygens (including phenoxy) is 1.